The van der Waals surface area contributed by atoms with Crippen LogP contribution >= 0.6 is 22.9 Å². The Morgan fingerprint density at radius 3 is 2.55 bits per heavy atom. The summed E-state index contributed by atoms with van der Waals surface area (Å²) in [6.45, 7) is 2.70. The fourth-order valence-electron chi connectivity index (χ4n) is 3.62. The third kappa shape index (κ3) is 5.74. The van der Waals surface area contributed by atoms with Gasteiger partial charge >= 0.3 is 6.03 Å². The number of hydrogen-bond donors (Lipinski definition) is 2. The highest BCUT2D eigenvalue weighted by atomic mass is 35.5. The first-order valence-corrected chi connectivity index (χ1v) is 11.7. The smallest absolute Gasteiger partial charge is 0.325 e. The molecule has 8 nitrogen and oxygen atoms in total. The molecule has 2 heterocycles. The van der Waals surface area contributed by atoms with Gasteiger partial charge in [0.25, 0.3) is 0 Å². The Morgan fingerprint density at radius 1 is 1.06 bits per heavy atom. The van der Waals surface area contributed by atoms with Crippen LogP contribution in [0.1, 0.15) is 5.69 Å². The van der Waals surface area contributed by atoms with E-state index >= 15 is 0 Å². The molecule has 0 spiro atoms. The van der Waals surface area contributed by atoms with Crippen LogP contribution in [0.2, 0.25) is 5.02 Å². The molecule has 2 aromatic carbocycles. The number of nitrogens with one attached hydrogen (secondary N) is 2. The number of piperazine rings is 1. The van der Waals surface area contributed by atoms with Crippen molar-refractivity contribution >= 4 is 51.4 Å². The van der Waals surface area contributed by atoms with E-state index in [4.69, 9.17) is 16.3 Å². The number of aromatic nitrogens is 1. The average molecular weight is 486 g/mol. The number of ether oxygens (including phenoxy) is 1. The maximum absolute atomic E-state index is 12.8. The van der Waals surface area contributed by atoms with Gasteiger partial charge in [0.05, 0.1) is 35.6 Å². The first kappa shape index (κ1) is 22.9. The van der Waals surface area contributed by atoms with E-state index in [2.05, 4.69) is 20.5 Å². The molecule has 33 heavy (non-hydrogen) atoms. The highest BCUT2D eigenvalue weighted by Gasteiger charge is 2.23. The molecule has 1 aromatic heterocycles. The second kappa shape index (κ2) is 10.5. The summed E-state index contributed by atoms with van der Waals surface area (Å²) in [5, 5.41) is 8.37. The van der Waals surface area contributed by atoms with Crippen molar-refractivity contribution in [1.29, 1.82) is 0 Å². The monoisotopic (exact) mass is 485 g/mol. The average Bonchev–Trinajstić information content (AvgIpc) is 3.26. The molecule has 1 fully saturated rings. The second-order valence-corrected chi connectivity index (χ2v) is 8.68. The summed E-state index contributed by atoms with van der Waals surface area (Å²) >= 11 is 7.57. The van der Waals surface area contributed by atoms with Crippen molar-refractivity contribution in [2.24, 2.45) is 0 Å². The Kier molecular flexibility index (Phi) is 7.31. The zero-order valence-electron chi connectivity index (χ0n) is 18.1. The summed E-state index contributed by atoms with van der Waals surface area (Å²) in [5.74, 6) is 0.580. The molecule has 0 aliphatic carbocycles. The molecule has 0 unspecified atom stereocenters. The third-order valence-corrected chi connectivity index (χ3v) is 6.41. The molecule has 0 atom stereocenters. The highest BCUT2D eigenvalue weighted by molar-refractivity contribution is 7.14. The molecule has 1 aliphatic rings. The second-order valence-electron chi connectivity index (χ2n) is 7.42. The minimum absolute atomic E-state index is 0.0177. The van der Waals surface area contributed by atoms with E-state index in [0.29, 0.717) is 35.4 Å². The number of carbonyl (C=O) groups is 2. The molecule has 1 saturated heterocycles. The summed E-state index contributed by atoms with van der Waals surface area (Å²) in [6, 6.07) is 14.4. The van der Waals surface area contributed by atoms with E-state index in [-0.39, 0.29) is 12.3 Å². The summed E-state index contributed by atoms with van der Waals surface area (Å²) in [5.41, 5.74) is 2.18. The van der Waals surface area contributed by atoms with Crippen molar-refractivity contribution in [2.45, 2.75) is 6.42 Å². The number of rotatable bonds is 6. The number of carbonyl (C=O) groups excluding carboxylic acids is 2. The van der Waals surface area contributed by atoms with Crippen LogP contribution in [0.3, 0.4) is 0 Å². The number of urea groups is 1. The van der Waals surface area contributed by atoms with Crippen molar-refractivity contribution in [1.82, 2.24) is 9.88 Å². The summed E-state index contributed by atoms with van der Waals surface area (Å²) in [4.78, 5) is 33.5. The Labute approximate surface area is 201 Å². The summed E-state index contributed by atoms with van der Waals surface area (Å²) < 4.78 is 5.23. The first-order valence-electron chi connectivity index (χ1n) is 10.5. The lowest BCUT2D eigenvalue weighted by Crippen LogP contribution is -2.49. The third-order valence-electron chi connectivity index (χ3n) is 5.29. The van der Waals surface area contributed by atoms with Gasteiger partial charge in [-0.2, -0.15) is 0 Å². The normalized spacial score (nSPS) is 13.5. The Balaban J connectivity index is 1.27. The van der Waals surface area contributed by atoms with Crippen LogP contribution in [-0.4, -0.2) is 55.1 Å². The number of thiazole rings is 1. The standard InChI is InChI=1S/C23H24ClN5O3S/c1-32-20-9-5-3-7-18(20)26-22(31)27-23-25-16(15-33-23)14-21(30)29-12-10-28(11-13-29)19-8-4-2-6-17(19)24/h2-9,15H,10-14H2,1H3,(H2,25,26,27,31). The molecule has 1 aliphatic heterocycles. The lowest BCUT2D eigenvalue weighted by atomic mass is 10.2. The van der Waals surface area contributed by atoms with Crippen molar-refractivity contribution in [3.8, 4) is 5.75 Å². The maximum Gasteiger partial charge on any atom is 0.325 e. The van der Waals surface area contributed by atoms with Gasteiger partial charge in [-0.05, 0) is 24.3 Å². The van der Waals surface area contributed by atoms with Gasteiger partial charge in [-0.15, -0.1) is 11.3 Å². The van der Waals surface area contributed by atoms with E-state index in [1.165, 1.54) is 11.3 Å². The predicted octanol–water partition coefficient (Wildman–Crippen LogP) is 4.34. The molecule has 172 valence electrons. The molecule has 2 N–H and O–H groups in total. The molecule has 0 saturated carbocycles. The number of methoxy groups -OCH3 is 1. The van der Waals surface area contributed by atoms with Crippen LogP contribution in [0.15, 0.2) is 53.9 Å². The summed E-state index contributed by atoms with van der Waals surface area (Å²) in [7, 11) is 1.54. The predicted molar refractivity (Wildman–Crippen MR) is 132 cm³/mol. The molecule has 3 amide bonds. The number of benzene rings is 2. The minimum Gasteiger partial charge on any atom is -0.495 e. The van der Waals surface area contributed by atoms with Gasteiger partial charge in [0.15, 0.2) is 5.13 Å². The zero-order valence-corrected chi connectivity index (χ0v) is 19.7. The fraction of sp³-hybridized carbons (Fsp3) is 0.261. The SMILES string of the molecule is COc1ccccc1NC(=O)Nc1nc(CC(=O)N2CCN(c3ccccc3Cl)CC2)cs1. The van der Waals surface area contributed by atoms with E-state index in [0.717, 1.165) is 23.8 Å². The minimum atomic E-state index is -0.428. The van der Waals surface area contributed by atoms with Crippen LogP contribution in [0, 0.1) is 0 Å². The zero-order chi connectivity index (χ0) is 23.2. The van der Waals surface area contributed by atoms with Crippen molar-refractivity contribution in [3.63, 3.8) is 0 Å². The Bertz CT molecular complexity index is 1130. The van der Waals surface area contributed by atoms with Crippen molar-refractivity contribution < 1.29 is 14.3 Å². The van der Waals surface area contributed by atoms with Gasteiger partial charge in [0.2, 0.25) is 5.91 Å². The van der Waals surface area contributed by atoms with Gasteiger partial charge in [-0.25, -0.2) is 9.78 Å². The van der Waals surface area contributed by atoms with E-state index in [9.17, 15) is 9.59 Å². The largest absolute Gasteiger partial charge is 0.495 e. The number of halogens is 1. The van der Waals surface area contributed by atoms with Crippen molar-refractivity contribution in [3.05, 3.63) is 64.6 Å². The highest BCUT2D eigenvalue weighted by Crippen LogP contribution is 2.26. The number of nitrogens with zero attached hydrogens (tertiary/aromatic N) is 3. The molecular weight excluding hydrogens is 462 g/mol. The molecule has 0 bridgehead atoms. The van der Waals surface area contributed by atoms with Crippen LogP contribution in [0.5, 0.6) is 5.75 Å². The molecule has 3 aromatic rings. The topological polar surface area (TPSA) is 86.8 Å². The van der Waals surface area contributed by atoms with Gasteiger partial charge in [-0.1, -0.05) is 35.9 Å². The van der Waals surface area contributed by atoms with Crippen LogP contribution in [0.25, 0.3) is 0 Å². The number of anilines is 3. The van der Waals surface area contributed by atoms with Gasteiger partial charge in [0.1, 0.15) is 5.75 Å². The van der Waals surface area contributed by atoms with Gasteiger partial charge in [-0.3, -0.25) is 10.1 Å². The van der Waals surface area contributed by atoms with E-state index in [1.807, 2.05) is 35.2 Å². The lowest BCUT2D eigenvalue weighted by Gasteiger charge is -2.36. The molecule has 10 heteroatoms. The number of para-hydroxylation sites is 3. The summed E-state index contributed by atoms with van der Waals surface area (Å²) in [6.07, 6.45) is 0.193. The number of hydrogen-bond acceptors (Lipinski definition) is 6. The first-order chi connectivity index (χ1) is 16.0. The van der Waals surface area contributed by atoms with Gasteiger partial charge in [0, 0.05) is 31.6 Å². The quantitative estimate of drug-likeness (QED) is 0.542. The van der Waals surface area contributed by atoms with E-state index in [1.54, 1.807) is 30.7 Å². The number of amides is 3. The van der Waals surface area contributed by atoms with Crippen LogP contribution in [0.4, 0.5) is 21.3 Å². The molecule has 4 rings (SSSR count). The molecular formula is C23H24ClN5O3S. The van der Waals surface area contributed by atoms with Crippen molar-refractivity contribution in [2.75, 3.05) is 48.8 Å². The Hall–Kier alpha value is -3.30. The van der Waals surface area contributed by atoms with E-state index < -0.39 is 6.03 Å². The maximum atomic E-state index is 12.8. The molecule has 0 radical (unpaired) electrons. The van der Waals surface area contributed by atoms with Gasteiger partial charge < -0.3 is 19.9 Å². The van der Waals surface area contributed by atoms with Crippen LogP contribution < -0.4 is 20.3 Å². The van der Waals surface area contributed by atoms with Crippen LogP contribution in [-0.2, 0) is 11.2 Å². The Morgan fingerprint density at radius 2 is 1.79 bits per heavy atom. The fourth-order valence-corrected chi connectivity index (χ4v) is 4.58. The lowest BCUT2D eigenvalue weighted by molar-refractivity contribution is -0.130.